The van der Waals surface area contributed by atoms with Gasteiger partial charge >= 0.3 is 0 Å². The lowest BCUT2D eigenvalue weighted by Gasteiger charge is -2.25. The molecule has 3 aromatic rings. The van der Waals surface area contributed by atoms with Gasteiger partial charge in [0.05, 0.1) is 23.1 Å². The molecule has 30 heavy (non-hydrogen) atoms. The van der Waals surface area contributed by atoms with Crippen molar-refractivity contribution < 1.29 is 4.79 Å². The van der Waals surface area contributed by atoms with Gasteiger partial charge in [-0.05, 0) is 91.8 Å². The van der Waals surface area contributed by atoms with Crippen molar-refractivity contribution in [3.63, 3.8) is 0 Å². The lowest BCUT2D eigenvalue weighted by atomic mass is 9.91. The minimum atomic E-state index is -0.0242. The van der Waals surface area contributed by atoms with Crippen LogP contribution >= 0.6 is 23.7 Å². The van der Waals surface area contributed by atoms with Crippen LogP contribution in [0.15, 0.2) is 41.2 Å². The zero-order valence-electron chi connectivity index (χ0n) is 17.5. The number of rotatable bonds is 6. The molecule has 5 nitrogen and oxygen atoms in total. The highest BCUT2D eigenvalue weighted by molar-refractivity contribution is 7.07. The van der Waals surface area contributed by atoms with Crippen LogP contribution < -0.4 is 10.6 Å². The van der Waals surface area contributed by atoms with Crippen LogP contribution in [0, 0.1) is 13.8 Å². The number of carbonyl (C=O) groups is 1. The van der Waals surface area contributed by atoms with Gasteiger partial charge in [0.15, 0.2) is 0 Å². The topological polar surface area (TPSA) is 59.0 Å². The molecule has 160 valence electrons. The smallest absolute Gasteiger partial charge is 0.254 e. The number of nitrogens with zero attached hydrogens (tertiary/aromatic N) is 2. The summed E-state index contributed by atoms with van der Waals surface area (Å²) in [5.74, 6) is 0.307. The van der Waals surface area contributed by atoms with E-state index in [9.17, 15) is 4.79 Å². The highest BCUT2D eigenvalue weighted by atomic mass is 35.5. The van der Waals surface area contributed by atoms with Crippen LogP contribution in [0.4, 0.5) is 0 Å². The number of halogens is 1. The van der Waals surface area contributed by atoms with Gasteiger partial charge in [0.1, 0.15) is 0 Å². The van der Waals surface area contributed by atoms with E-state index in [1.165, 1.54) is 16.7 Å². The Hall–Kier alpha value is -2.15. The van der Waals surface area contributed by atoms with E-state index in [1.54, 1.807) is 17.5 Å². The second-order valence-electron chi connectivity index (χ2n) is 7.79. The maximum absolute atomic E-state index is 13.0. The second-order valence-corrected chi connectivity index (χ2v) is 8.57. The molecular weight excluding hydrogens is 416 g/mol. The number of hydrogen-bond acceptors (Lipinski definition) is 4. The molecule has 0 spiro atoms. The van der Waals surface area contributed by atoms with E-state index >= 15 is 0 Å². The Balaban J connectivity index is 0.00000256. The molecule has 4 rings (SSSR count). The first-order chi connectivity index (χ1) is 14.1. The maximum atomic E-state index is 13.0. The Kier molecular flexibility index (Phi) is 7.69. The van der Waals surface area contributed by atoms with Crippen LogP contribution in [-0.2, 0) is 6.42 Å². The minimum absolute atomic E-state index is 0. The van der Waals surface area contributed by atoms with E-state index in [0.29, 0.717) is 18.0 Å². The molecule has 0 saturated carbocycles. The van der Waals surface area contributed by atoms with E-state index in [4.69, 9.17) is 0 Å². The Bertz CT molecular complexity index is 977. The van der Waals surface area contributed by atoms with Crippen LogP contribution in [-0.4, -0.2) is 35.3 Å². The van der Waals surface area contributed by atoms with Gasteiger partial charge in [0, 0.05) is 12.5 Å². The van der Waals surface area contributed by atoms with E-state index in [1.807, 2.05) is 4.68 Å². The number of hydrogen-bond donors (Lipinski definition) is 2. The molecule has 1 aliphatic rings. The number of amides is 1. The standard InChI is InChI=1S/C23H28N4OS.ClH/c1-16-3-4-20(13-17(16)2)27-22(19-6-9-24-10-7-19)21(14-26-27)23(28)25-11-5-18-8-12-29-15-18;/h3-4,8,12-15,19,24H,5-7,9-11H2,1-2H3,(H,25,28);1H. The third-order valence-corrected chi connectivity index (χ3v) is 6.52. The molecule has 1 aromatic carbocycles. The molecule has 1 aliphatic heterocycles. The van der Waals surface area contributed by atoms with E-state index in [-0.39, 0.29) is 18.3 Å². The van der Waals surface area contributed by atoms with Gasteiger partial charge in [-0.1, -0.05) is 6.07 Å². The number of piperidine rings is 1. The molecule has 7 heteroatoms. The van der Waals surface area contributed by atoms with Crippen LogP contribution in [0.3, 0.4) is 0 Å². The van der Waals surface area contributed by atoms with Crippen molar-refractivity contribution in [3.05, 3.63) is 69.2 Å². The number of benzene rings is 1. The quantitative estimate of drug-likeness (QED) is 0.592. The average molecular weight is 445 g/mol. The van der Waals surface area contributed by atoms with Crippen molar-refractivity contribution in [2.45, 2.75) is 39.0 Å². The zero-order valence-corrected chi connectivity index (χ0v) is 19.1. The summed E-state index contributed by atoms with van der Waals surface area (Å²) in [5.41, 5.74) is 6.54. The molecule has 0 atom stereocenters. The summed E-state index contributed by atoms with van der Waals surface area (Å²) in [4.78, 5) is 13.0. The van der Waals surface area contributed by atoms with Crippen LogP contribution in [0.2, 0.25) is 0 Å². The van der Waals surface area contributed by atoms with Gasteiger partial charge < -0.3 is 10.6 Å². The Morgan fingerprint density at radius 1 is 1.23 bits per heavy atom. The van der Waals surface area contributed by atoms with Gasteiger partial charge in [0.25, 0.3) is 5.91 Å². The number of carbonyl (C=O) groups excluding carboxylic acids is 1. The summed E-state index contributed by atoms with van der Waals surface area (Å²) in [6.45, 7) is 6.81. The highest BCUT2D eigenvalue weighted by Crippen LogP contribution is 2.30. The summed E-state index contributed by atoms with van der Waals surface area (Å²) in [6.07, 6.45) is 4.63. The fourth-order valence-corrected chi connectivity index (χ4v) is 4.64. The van der Waals surface area contributed by atoms with Crippen LogP contribution in [0.25, 0.3) is 5.69 Å². The number of thiophene rings is 1. The van der Waals surface area contributed by atoms with Crippen molar-refractivity contribution in [1.29, 1.82) is 0 Å². The van der Waals surface area contributed by atoms with Crippen molar-refractivity contribution in [3.8, 4) is 5.69 Å². The SMILES string of the molecule is Cc1ccc(-n2ncc(C(=O)NCCc3ccsc3)c2C2CCNCC2)cc1C.Cl. The first kappa shape index (κ1) is 22.5. The fourth-order valence-electron chi connectivity index (χ4n) is 3.93. The second kappa shape index (κ2) is 10.2. The van der Waals surface area contributed by atoms with Crippen molar-refractivity contribution in [2.24, 2.45) is 0 Å². The molecule has 0 bridgehead atoms. The zero-order chi connectivity index (χ0) is 20.2. The third-order valence-electron chi connectivity index (χ3n) is 5.79. The molecule has 0 aliphatic carbocycles. The fraction of sp³-hybridized carbons (Fsp3) is 0.391. The van der Waals surface area contributed by atoms with Gasteiger partial charge in [-0.15, -0.1) is 12.4 Å². The largest absolute Gasteiger partial charge is 0.352 e. The van der Waals surface area contributed by atoms with Crippen LogP contribution in [0.5, 0.6) is 0 Å². The molecule has 1 saturated heterocycles. The molecule has 1 amide bonds. The summed E-state index contributed by atoms with van der Waals surface area (Å²) < 4.78 is 1.98. The maximum Gasteiger partial charge on any atom is 0.254 e. The van der Waals surface area contributed by atoms with Crippen molar-refractivity contribution >= 4 is 29.7 Å². The van der Waals surface area contributed by atoms with Crippen molar-refractivity contribution in [1.82, 2.24) is 20.4 Å². The Morgan fingerprint density at radius 2 is 2.03 bits per heavy atom. The molecule has 0 radical (unpaired) electrons. The Morgan fingerprint density at radius 3 is 2.73 bits per heavy atom. The predicted molar refractivity (Wildman–Crippen MR) is 125 cm³/mol. The van der Waals surface area contributed by atoms with Gasteiger partial charge in [-0.3, -0.25) is 4.79 Å². The first-order valence-corrected chi connectivity index (χ1v) is 11.2. The summed E-state index contributed by atoms with van der Waals surface area (Å²) in [5, 5.41) is 15.4. The third kappa shape index (κ3) is 4.94. The van der Waals surface area contributed by atoms with Gasteiger partial charge in [-0.25, -0.2) is 4.68 Å². The summed E-state index contributed by atoms with van der Waals surface area (Å²) in [7, 11) is 0. The number of nitrogens with one attached hydrogen (secondary N) is 2. The first-order valence-electron chi connectivity index (χ1n) is 10.3. The lowest BCUT2D eigenvalue weighted by molar-refractivity contribution is 0.0952. The van der Waals surface area contributed by atoms with Gasteiger partial charge in [-0.2, -0.15) is 16.4 Å². The number of aromatic nitrogens is 2. The minimum Gasteiger partial charge on any atom is -0.352 e. The van der Waals surface area contributed by atoms with Gasteiger partial charge in [0.2, 0.25) is 0 Å². The van der Waals surface area contributed by atoms with E-state index in [0.717, 1.165) is 43.7 Å². The van der Waals surface area contributed by atoms with Crippen LogP contribution in [0.1, 0.15) is 51.5 Å². The molecule has 3 heterocycles. The van der Waals surface area contributed by atoms with E-state index in [2.05, 4.69) is 64.6 Å². The average Bonchev–Trinajstić information content (AvgIpc) is 3.40. The molecule has 2 N–H and O–H groups in total. The van der Waals surface area contributed by atoms with E-state index < -0.39 is 0 Å². The highest BCUT2D eigenvalue weighted by Gasteiger charge is 2.27. The van der Waals surface area contributed by atoms with Crippen molar-refractivity contribution in [2.75, 3.05) is 19.6 Å². The monoisotopic (exact) mass is 444 g/mol. The summed E-state index contributed by atoms with van der Waals surface area (Å²) in [6, 6.07) is 8.48. The normalized spacial score (nSPS) is 14.3. The molecule has 2 aromatic heterocycles. The molecule has 1 fully saturated rings. The molecule has 0 unspecified atom stereocenters. The number of aryl methyl sites for hydroxylation is 2. The Labute approximate surface area is 188 Å². The lowest BCUT2D eigenvalue weighted by Crippen LogP contribution is -2.31. The summed E-state index contributed by atoms with van der Waals surface area (Å²) >= 11 is 1.69. The predicted octanol–water partition coefficient (Wildman–Crippen LogP) is 4.41. The molecular formula is C23H29ClN4OS.